The number of hydrogen-bond donors (Lipinski definition) is 0. The van der Waals surface area contributed by atoms with Gasteiger partial charge in [0.25, 0.3) is 5.56 Å². The van der Waals surface area contributed by atoms with E-state index in [0.717, 1.165) is 5.69 Å². The maximum absolute atomic E-state index is 11.5. The Bertz CT molecular complexity index is 336. The fourth-order valence-corrected chi connectivity index (χ4v) is 1.54. The van der Waals surface area contributed by atoms with Gasteiger partial charge in [0.2, 0.25) is 0 Å². The summed E-state index contributed by atoms with van der Waals surface area (Å²) in [6.07, 6.45) is 0. The average Bonchev–Trinajstić information content (AvgIpc) is 2.02. The molecule has 1 rings (SSSR count). The van der Waals surface area contributed by atoms with Gasteiger partial charge < -0.3 is 4.57 Å². The summed E-state index contributed by atoms with van der Waals surface area (Å²) in [6, 6.07) is 5.71. The van der Waals surface area contributed by atoms with Gasteiger partial charge in [-0.05, 0) is 25.8 Å². The molecule has 0 aliphatic rings. The van der Waals surface area contributed by atoms with E-state index in [2.05, 4.69) is 13.8 Å². The molecule has 0 radical (unpaired) electrons. The Morgan fingerprint density at radius 2 is 1.77 bits per heavy atom. The summed E-state index contributed by atoms with van der Waals surface area (Å²) in [5.41, 5.74) is 1.21. The molecule has 0 spiro atoms. The normalized spacial score (nSPS) is 11.2. The van der Waals surface area contributed by atoms with E-state index in [1.807, 2.05) is 30.5 Å². The number of hydrogen-bond acceptors (Lipinski definition) is 1. The van der Waals surface area contributed by atoms with E-state index in [1.54, 1.807) is 6.07 Å². The van der Waals surface area contributed by atoms with Gasteiger partial charge in [0.15, 0.2) is 0 Å². The van der Waals surface area contributed by atoms with Crippen LogP contribution in [0.1, 0.15) is 45.3 Å². The number of pyridine rings is 1. The Kier molecular flexibility index (Phi) is 2.91. The Morgan fingerprint density at radius 3 is 2.15 bits per heavy atom. The van der Waals surface area contributed by atoms with Gasteiger partial charge in [-0.3, -0.25) is 4.79 Å². The quantitative estimate of drug-likeness (QED) is 0.684. The molecule has 0 saturated heterocycles. The maximum atomic E-state index is 11.5. The van der Waals surface area contributed by atoms with Crippen molar-refractivity contribution in [3.8, 4) is 0 Å². The standard InChI is InChI=1S/C11H17NO/c1-8(2)10-6-5-7-11(13)12(10)9(3)4/h5-9H,1-4H3. The van der Waals surface area contributed by atoms with Crippen LogP contribution < -0.4 is 5.56 Å². The first kappa shape index (κ1) is 10.0. The predicted octanol–water partition coefficient (Wildman–Crippen LogP) is 2.55. The largest absolute Gasteiger partial charge is 0.310 e. The first-order valence-corrected chi connectivity index (χ1v) is 4.75. The highest BCUT2D eigenvalue weighted by Crippen LogP contribution is 2.15. The van der Waals surface area contributed by atoms with Crippen molar-refractivity contribution in [3.63, 3.8) is 0 Å². The minimum Gasteiger partial charge on any atom is -0.310 e. The lowest BCUT2D eigenvalue weighted by molar-refractivity contribution is 0.535. The zero-order valence-corrected chi connectivity index (χ0v) is 8.74. The van der Waals surface area contributed by atoms with Crippen LogP contribution in [-0.2, 0) is 0 Å². The lowest BCUT2D eigenvalue weighted by Crippen LogP contribution is -2.24. The van der Waals surface area contributed by atoms with Crippen LogP contribution in [0.2, 0.25) is 0 Å². The van der Waals surface area contributed by atoms with Gasteiger partial charge in [0.05, 0.1) is 0 Å². The van der Waals surface area contributed by atoms with Crippen LogP contribution in [0.4, 0.5) is 0 Å². The monoisotopic (exact) mass is 179 g/mol. The van der Waals surface area contributed by atoms with Crippen molar-refractivity contribution >= 4 is 0 Å². The average molecular weight is 179 g/mol. The van der Waals surface area contributed by atoms with Crippen LogP contribution in [0.5, 0.6) is 0 Å². The molecule has 1 aromatic rings. The molecule has 0 aliphatic carbocycles. The minimum atomic E-state index is 0.0983. The summed E-state index contributed by atoms with van der Waals surface area (Å²) < 4.78 is 1.85. The van der Waals surface area contributed by atoms with E-state index in [-0.39, 0.29) is 11.6 Å². The summed E-state index contributed by atoms with van der Waals surface area (Å²) >= 11 is 0. The molecular formula is C11H17NO. The van der Waals surface area contributed by atoms with Crippen LogP contribution in [0.15, 0.2) is 23.0 Å². The second-order valence-electron chi connectivity index (χ2n) is 3.91. The zero-order valence-electron chi connectivity index (χ0n) is 8.74. The van der Waals surface area contributed by atoms with Crippen molar-refractivity contribution in [2.24, 2.45) is 0 Å². The summed E-state index contributed by atoms with van der Waals surface area (Å²) in [5, 5.41) is 0. The van der Waals surface area contributed by atoms with E-state index >= 15 is 0 Å². The minimum absolute atomic E-state index is 0.0983. The zero-order chi connectivity index (χ0) is 10.0. The molecule has 1 aromatic heterocycles. The molecule has 0 unspecified atom stereocenters. The smallest absolute Gasteiger partial charge is 0.250 e. The van der Waals surface area contributed by atoms with Gasteiger partial charge in [-0.2, -0.15) is 0 Å². The molecule has 0 atom stereocenters. The van der Waals surface area contributed by atoms with Crippen LogP contribution >= 0.6 is 0 Å². The van der Waals surface area contributed by atoms with Crippen molar-refractivity contribution in [2.75, 3.05) is 0 Å². The van der Waals surface area contributed by atoms with Crippen LogP contribution in [0.3, 0.4) is 0 Å². The van der Waals surface area contributed by atoms with Crippen molar-refractivity contribution in [1.29, 1.82) is 0 Å². The predicted molar refractivity (Wildman–Crippen MR) is 55.2 cm³/mol. The van der Waals surface area contributed by atoms with Gasteiger partial charge in [-0.25, -0.2) is 0 Å². The van der Waals surface area contributed by atoms with Gasteiger partial charge in [0, 0.05) is 17.8 Å². The van der Waals surface area contributed by atoms with Gasteiger partial charge in [-0.1, -0.05) is 19.9 Å². The molecule has 0 saturated carbocycles. The van der Waals surface area contributed by atoms with Crippen molar-refractivity contribution < 1.29 is 0 Å². The third kappa shape index (κ3) is 2.00. The Balaban J connectivity index is 3.35. The van der Waals surface area contributed by atoms with Crippen LogP contribution in [0.25, 0.3) is 0 Å². The first-order valence-electron chi connectivity index (χ1n) is 4.75. The van der Waals surface area contributed by atoms with E-state index in [1.165, 1.54) is 0 Å². The van der Waals surface area contributed by atoms with Gasteiger partial charge in [-0.15, -0.1) is 0 Å². The lowest BCUT2D eigenvalue weighted by Gasteiger charge is -2.18. The van der Waals surface area contributed by atoms with Crippen molar-refractivity contribution in [3.05, 3.63) is 34.2 Å². The number of nitrogens with zero attached hydrogens (tertiary/aromatic N) is 1. The fourth-order valence-electron chi connectivity index (χ4n) is 1.54. The second kappa shape index (κ2) is 3.77. The molecule has 1 heterocycles. The third-order valence-corrected chi connectivity index (χ3v) is 2.13. The maximum Gasteiger partial charge on any atom is 0.250 e. The first-order chi connectivity index (χ1) is 6.04. The Labute approximate surface area is 79.2 Å². The van der Waals surface area contributed by atoms with Gasteiger partial charge >= 0.3 is 0 Å². The highest BCUT2D eigenvalue weighted by Gasteiger charge is 2.08. The molecule has 2 nitrogen and oxygen atoms in total. The Hall–Kier alpha value is -1.05. The highest BCUT2D eigenvalue weighted by molar-refractivity contribution is 5.11. The second-order valence-corrected chi connectivity index (χ2v) is 3.91. The molecule has 0 N–H and O–H groups in total. The summed E-state index contributed by atoms with van der Waals surface area (Å²) in [5.74, 6) is 0.399. The van der Waals surface area contributed by atoms with E-state index in [4.69, 9.17) is 0 Å². The highest BCUT2D eigenvalue weighted by atomic mass is 16.1. The molecule has 72 valence electrons. The van der Waals surface area contributed by atoms with Crippen molar-refractivity contribution in [2.45, 2.75) is 39.7 Å². The molecule has 0 fully saturated rings. The summed E-state index contributed by atoms with van der Waals surface area (Å²) in [4.78, 5) is 11.5. The molecule has 0 bridgehead atoms. The molecule has 0 amide bonds. The topological polar surface area (TPSA) is 22.0 Å². The van der Waals surface area contributed by atoms with E-state index < -0.39 is 0 Å². The number of aromatic nitrogens is 1. The molecule has 0 aliphatic heterocycles. The Morgan fingerprint density at radius 1 is 1.15 bits per heavy atom. The fraction of sp³-hybridized carbons (Fsp3) is 0.545. The third-order valence-electron chi connectivity index (χ3n) is 2.13. The molecule has 0 aromatic carbocycles. The molecule has 2 heteroatoms. The van der Waals surface area contributed by atoms with Crippen LogP contribution in [0, 0.1) is 0 Å². The van der Waals surface area contributed by atoms with E-state index in [0.29, 0.717) is 5.92 Å². The van der Waals surface area contributed by atoms with Crippen LogP contribution in [-0.4, -0.2) is 4.57 Å². The van der Waals surface area contributed by atoms with Gasteiger partial charge in [0.1, 0.15) is 0 Å². The van der Waals surface area contributed by atoms with Crippen molar-refractivity contribution in [1.82, 2.24) is 4.57 Å². The summed E-state index contributed by atoms with van der Waals surface area (Å²) in [7, 11) is 0. The molecular weight excluding hydrogens is 162 g/mol. The molecule has 13 heavy (non-hydrogen) atoms. The van der Waals surface area contributed by atoms with E-state index in [9.17, 15) is 4.79 Å². The lowest BCUT2D eigenvalue weighted by atomic mass is 10.1. The summed E-state index contributed by atoms with van der Waals surface area (Å²) in [6.45, 7) is 8.28. The SMILES string of the molecule is CC(C)c1cccc(=O)n1C(C)C. The number of rotatable bonds is 2.